The molecule has 0 fully saturated rings. The first kappa shape index (κ1) is 12.5. The van der Waals surface area contributed by atoms with Gasteiger partial charge in [-0.05, 0) is 46.3 Å². The van der Waals surface area contributed by atoms with Crippen molar-refractivity contribution in [3.63, 3.8) is 0 Å². The first-order chi connectivity index (χ1) is 8.06. The fourth-order valence-electron chi connectivity index (χ4n) is 1.23. The molecule has 5 heteroatoms. The van der Waals surface area contributed by atoms with E-state index in [-0.39, 0.29) is 5.75 Å². The Hall–Kier alpha value is -0.940. The number of hydrogen-bond acceptors (Lipinski definition) is 1. The standard InChI is InChI=1S/C12H6Br2F2O/c13-7-1-3-11(9(14)5-7)17-12-4-2-8(15)6-10(12)16/h1-6H. The predicted molar refractivity (Wildman–Crippen MR) is 68.3 cm³/mol. The van der Waals surface area contributed by atoms with Crippen molar-refractivity contribution < 1.29 is 13.5 Å². The van der Waals surface area contributed by atoms with Gasteiger partial charge in [0.15, 0.2) is 11.6 Å². The Kier molecular flexibility index (Phi) is 3.79. The molecule has 1 nitrogen and oxygen atoms in total. The summed E-state index contributed by atoms with van der Waals surface area (Å²) in [7, 11) is 0. The summed E-state index contributed by atoms with van der Waals surface area (Å²) in [5.74, 6) is -0.933. The normalized spacial score (nSPS) is 10.4. The molecule has 0 aromatic heterocycles. The van der Waals surface area contributed by atoms with Crippen LogP contribution in [0, 0.1) is 11.6 Å². The molecule has 0 aliphatic rings. The molecule has 0 aliphatic carbocycles. The summed E-state index contributed by atoms with van der Waals surface area (Å²) in [6, 6.07) is 8.39. The molecular weight excluding hydrogens is 358 g/mol. The molecule has 0 radical (unpaired) electrons. The molecule has 2 aromatic carbocycles. The Labute approximate surface area is 114 Å². The lowest BCUT2D eigenvalue weighted by Crippen LogP contribution is -1.90. The van der Waals surface area contributed by atoms with Crippen molar-refractivity contribution in [1.82, 2.24) is 0 Å². The maximum atomic E-state index is 13.4. The number of halogens is 4. The Morgan fingerprint density at radius 3 is 2.24 bits per heavy atom. The molecule has 17 heavy (non-hydrogen) atoms. The molecule has 0 N–H and O–H groups in total. The largest absolute Gasteiger partial charge is 0.453 e. The second kappa shape index (κ2) is 5.14. The maximum absolute atomic E-state index is 13.4. The van der Waals surface area contributed by atoms with Crippen LogP contribution in [-0.2, 0) is 0 Å². The maximum Gasteiger partial charge on any atom is 0.168 e. The second-order valence-corrected chi connectivity index (χ2v) is 5.02. The quantitative estimate of drug-likeness (QED) is 0.705. The minimum atomic E-state index is -0.736. The van der Waals surface area contributed by atoms with Crippen molar-refractivity contribution in [2.45, 2.75) is 0 Å². The highest BCUT2D eigenvalue weighted by Crippen LogP contribution is 2.33. The molecule has 0 heterocycles. The van der Waals surface area contributed by atoms with E-state index in [0.29, 0.717) is 10.2 Å². The summed E-state index contributed by atoms with van der Waals surface area (Å²) < 4.78 is 33.0. The van der Waals surface area contributed by atoms with Crippen molar-refractivity contribution in [2.24, 2.45) is 0 Å². The fourth-order valence-corrected chi connectivity index (χ4v) is 2.36. The summed E-state index contributed by atoms with van der Waals surface area (Å²) in [4.78, 5) is 0. The van der Waals surface area contributed by atoms with E-state index in [4.69, 9.17) is 4.74 Å². The molecule has 88 valence electrons. The summed E-state index contributed by atoms with van der Waals surface area (Å²) in [6.45, 7) is 0. The lowest BCUT2D eigenvalue weighted by atomic mass is 10.3. The van der Waals surface area contributed by atoms with E-state index in [1.807, 2.05) is 0 Å². The molecule has 2 aromatic rings. The van der Waals surface area contributed by atoms with Gasteiger partial charge < -0.3 is 4.74 Å². The fraction of sp³-hybridized carbons (Fsp3) is 0. The van der Waals surface area contributed by atoms with E-state index in [0.717, 1.165) is 16.6 Å². The van der Waals surface area contributed by atoms with Crippen molar-refractivity contribution in [3.8, 4) is 11.5 Å². The first-order valence-corrected chi connectivity index (χ1v) is 6.23. The van der Waals surface area contributed by atoms with Crippen LogP contribution in [-0.4, -0.2) is 0 Å². The molecule has 0 saturated heterocycles. The molecular formula is C12H6Br2F2O. The minimum Gasteiger partial charge on any atom is -0.453 e. The van der Waals surface area contributed by atoms with Gasteiger partial charge in [0.25, 0.3) is 0 Å². The van der Waals surface area contributed by atoms with Crippen LogP contribution in [0.4, 0.5) is 8.78 Å². The van der Waals surface area contributed by atoms with Crippen LogP contribution in [0.15, 0.2) is 45.3 Å². The lowest BCUT2D eigenvalue weighted by Gasteiger charge is -2.08. The van der Waals surface area contributed by atoms with Crippen LogP contribution >= 0.6 is 31.9 Å². The van der Waals surface area contributed by atoms with Gasteiger partial charge in [0.2, 0.25) is 0 Å². The Balaban J connectivity index is 2.31. The molecule has 0 aliphatic heterocycles. The third kappa shape index (κ3) is 3.04. The van der Waals surface area contributed by atoms with Gasteiger partial charge in [0, 0.05) is 10.5 Å². The van der Waals surface area contributed by atoms with Crippen LogP contribution in [0.3, 0.4) is 0 Å². The van der Waals surface area contributed by atoms with Crippen LogP contribution in [0.5, 0.6) is 11.5 Å². The molecule has 0 amide bonds. The second-order valence-electron chi connectivity index (χ2n) is 3.25. The zero-order valence-electron chi connectivity index (χ0n) is 8.38. The average Bonchev–Trinajstić information content (AvgIpc) is 2.25. The third-order valence-corrected chi connectivity index (χ3v) is 3.12. The van der Waals surface area contributed by atoms with Crippen LogP contribution in [0.25, 0.3) is 0 Å². The number of hydrogen-bond donors (Lipinski definition) is 0. The topological polar surface area (TPSA) is 9.23 Å². The predicted octanol–water partition coefficient (Wildman–Crippen LogP) is 5.28. The highest BCUT2D eigenvalue weighted by molar-refractivity contribution is 9.11. The molecule has 0 spiro atoms. The third-order valence-electron chi connectivity index (χ3n) is 2.01. The Morgan fingerprint density at radius 1 is 0.882 bits per heavy atom. The highest BCUT2D eigenvalue weighted by atomic mass is 79.9. The van der Waals surface area contributed by atoms with Crippen molar-refractivity contribution in [3.05, 3.63) is 57.0 Å². The summed E-state index contributed by atoms with van der Waals surface area (Å²) in [6.07, 6.45) is 0. The van der Waals surface area contributed by atoms with Gasteiger partial charge in [-0.3, -0.25) is 0 Å². The Morgan fingerprint density at radius 2 is 1.59 bits per heavy atom. The van der Waals surface area contributed by atoms with Crippen molar-refractivity contribution in [2.75, 3.05) is 0 Å². The van der Waals surface area contributed by atoms with E-state index in [1.165, 1.54) is 6.07 Å². The minimum absolute atomic E-state index is 0.0191. The van der Waals surface area contributed by atoms with Gasteiger partial charge in [0.05, 0.1) is 4.47 Å². The molecule has 0 unspecified atom stereocenters. The van der Waals surface area contributed by atoms with Gasteiger partial charge >= 0.3 is 0 Å². The van der Waals surface area contributed by atoms with Crippen LogP contribution in [0.2, 0.25) is 0 Å². The monoisotopic (exact) mass is 362 g/mol. The number of benzene rings is 2. The number of ether oxygens (including phenoxy) is 1. The lowest BCUT2D eigenvalue weighted by molar-refractivity contribution is 0.435. The molecule has 0 atom stereocenters. The van der Waals surface area contributed by atoms with E-state index < -0.39 is 11.6 Å². The Bertz CT molecular complexity index is 509. The summed E-state index contributed by atoms with van der Waals surface area (Å²) >= 11 is 6.59. The summed E-state index contributed by atoms with van der Waals surface area (Å²) in [5, 5.41) is 0. The van der Waals surface area contributed by atoms with Crippen molar-refractivity contribution >= 4 is 31.9 Å². The van der Waals surface area contributed by atoms with Gasteiger partial charge in [-0.15, -0.1) is 0 Å². The van der Waals surface area contributed by atoms with E-state index in [2.05, 4.69) is 31.9 Å². The highest BCUT2D eigenvalue weighted by Gasteiger charge is 2.08. The molecule has 0 bridgehead atoms. The zero-order chi connectivity index (χ0) is 12.4. The van der Waals surface area contributed by atoms with Crippen molar-refractivity contribution in [1.29, 1.82) is 0 Å². The van der Waals surface area contributed by atoms with Crippen LogP contribution in [0.1, 0.15) is 0 Å². The van der Waals surface area contributed by atoms with Crippen LogP contribution < -0.4 is 4.74 Å². The molecule has 2 rings (SSSR count). The van der Waals surface area contributed by atoms with E-state index in [1.54, 1.807) is 18.2 Å². The van der Waals surface area contributed by atoms with Gasteiger partial charge in [-0.2, -0.15) is 0 Å². The van der Waals surface area contributed by atoms with E-state index in [9.17, 15) is 8.78 Å². The average molecular weight is 364 g/mol. The van der Waals surface area contributed by atoms with Gasteiger partial charge in [-0.25, -0.2) is 8.78 Å². The zero-order valence-corrected chi connectivity index (χ0v) is 11.6. The van der Waals surface area contributed by atoms with E-state index >= 15 is 0 Å². The first-order valence-electron chi connectivity index (χ1n) is 4.64. The smallest absolute Gasteiger partial charge is 0.168 e. The van der Waals surface area contributed by atoms with Gasteiger partial charge in [0.1, 0.15) is 11.6 Å². The summed E-state index contributed by atoms with van der Waals surface area (Å²) in [5.41, 5.74) is 0. The van der Waals surface area contributed by atoms with Gasteiger partial charge in [-0.1, -0.05) is 15.9 Å². The molecule has 0 saturated carbocycles. The number of rotatable bonds is 2. The SMILES string of the molecule is Fc1ccc(Oc2ccc(Br)cc2Br)c(F)c1.